The minimum Gasteiger partial charge on any atom is -0.367 e. The molecule has 1 atom stereocenters. The Bertz CT molecular complexity index is 574. The molecule has 1 aromatic rings. The average molecular weight is 319 g/mol. The van der Waals surface area contributed by atoms with Gasteiger partial charge in [-0.15, -0.1) is 0 Å². The molecule has 1 N–H and O–H groups in total. The van der Waals surface area contributed by atoms with E-state index in [9.17, 15) is 12.8 Å². The molecule has 1 fully saturated rings. The van der Waals surface area contributed by atoms with Crippen molar-refractivity contribution >= 4 is 38.1 Å². The molecule has 7 heteroatoms. The van der Waals surface area contributed by atoms with E-state index >= 15 is 0 Å². The number of halogens is 1. The van der Waals surface area contributed by atoms with Crippen LogP contribution in [0.15, 0.2) is 24.3 Å². The molecule has 2 rings (SSSR count). The summed E-state index contributed by atoms with van der Waals surface area (Å²) in [6.45, 7) is 0. The Hall–Kier alpha value is -0.660. The molecule has 0 aromatic heterocycles. The van der Waals surface area contributed by atoms with Crippen molar-refractivity contribution in [1.82, 2.24) is 5.32 Å². The normalized spacial score (nSPS) is 21.2. The second kappa shape index (κ2) is 6.19. The molecule has 0 spiro atoms. The van der Waals surface area contributed by atoms with Gasteiger partial charge in [-0.2, -0.15) is 0 Å². The fourth-order valence-electron chi connectivity index (χ4n) is 1.89. The maximum absolute atomic E-state index is 13.0. The molecule has 19 heavy (non-hydrogen) atoms. The van der Waals surface area contributed by atoms with Crippen LogP contribution >= 0.6 is 24.0 Å². The van der Waals surface area contributed by atoms with Crippen LogP contribution in [0.4, 0.5) is 4.39 Å². The van der Waals surface area contributed by atoms with Crippen molar-refractivity contribution in [3.8, 4) is 0 Å². The van der Waals surface area contributed by atoms with E-state index in [1.807, 2.05) is 6.07 Å². The minimum atomic E-state index is -2.89. The number of hydrogen-bond acceptors (Lipinski definition) is 4. The Morgan fingerprint density at radius 3 is 2.95 bits per heavy atom. The number of benzene rings is 1. The van der Waals surface area contributed by atoms with Crippen LogP contribution in [0.5, 0.6) is 0 Å². The van der Waals surface area contributed by atoms with E-state index in [4.69, 9.17) is 12.2 Å². The summed E-state index contributed by atoms with van der Waals surface area (Å²) in [5.74, 6) is 0.678. The molecule has 0 amide bonds. The smallest absolute Gasteiger partial charge is 0.152 e. The van der Waals surface area contributed by atoms with Gasteiger partial charge in [-0.25, -0.2) is 12.8 Å². The van der Waals surface area contributed by atoms with Gasteiger partial charge < -0.3 is 5.32 Å². The van der Waals surface area contributed by atoms with Crippen LogP contribution in [0.3, 0.4) is 0 Å². The zero-order chi connectivity index (χ0) is 13.9. The summed E-state index contributed by atoms with van der Waals surface area (Å²) in [4.78, 5) is 0. The van der Waals surface area contributed by atoms with Crippen molar-refractivity contribution < 1.29 is 12.8 Å². The maximum Gasteiger partial charge on any atom is 0.152 e. The summed E-state index contributed by atoms with van der Waals surface area (Å²) in [6.07, 6.45) is 0.600. The van der Waals surface area contributed by atoms with Gasteiger partial charge in [0, 0.05) is 11.8 Å². The predicted octanol–water partition coefficient (Wildman–Crippen LogP) is 2.12. The third kappa shape index (κ3) is 4.74. The van der Waals surface area contributed by atoms with E-state index in [1.165, 1.54) is 23.9 Å². The van der Waals surface area contributed by atoms with E-state index in [-0.39, 0.29) is 23.4 Å². The third-order valence-corrected chi connectivity index (χ3v) is 5.91. The first-order valence-electron chi connectivity index (χ1n) is 5.83. The Kier molecular flexibility index (Phi) is 4.81. The van der Waals surface area contributed by atoms with E-state index in [1.54, 1.807) is 6.07 Å². The van der Waals surface area contributed by atoms with Gasteiger partial charge in [-0.3, -0.25) is 0 Å². The van der Waals surface area contributed by atoms with Crippen molar-refractivity contribution in [2.75, 3.05) is 11.5 Å². The van der Waals surface area contributed by atoms with Crippen molar-refractivity contribution in [3.05, 3.63) is 35.6 Å². The van der Waals surface area contributed by atoms with Gasteiger partial charge >= 0.3 is 0 Å². The largest absolute Gasteiger partial charge is 0.367 e. The Morgan fingerprint density at radius 2 is 2.32 bits per heavy atom. The number of thiocarbonyl (C=S) groups is 1. The molecule has 3 nitrogen and oxygen atoms in total. The van der Waals surface area contributed by atoms with Gasteiger partial charge in [0.15, 0.2) is 9.84 Å². The zero-order valence-corrected chi connectivity index (χ0v) is 12.6. The summed E-state index contributed by atoms with van der Waals surface area (Å²) in [5, 5.41) is 3.04. The zero-order valence-electron chi connectivity index (χ0n) is 10.1. The summed E-state index contributed by atoms with van der Waals surface area (Å²) in [7, 11) is -2.89. The highest BCUT2D eigenvalue weighted by molar-refractivity contribution is 8.22. The fraction of sp³-hybridized carbons (Fsp3) is 0.417. The van der Waals surface area contributed by atoms with Crippen molar-refractivity contribution in [1.29, 1.82) is 0 Å². The van der Waals surface area contributed by atoms with Gasteiger partial charge in [0.2, 0.25) is 0 Å². The van der Waals surface area contributed by atoms with E-state index in [2.05, 4.69) is 5.32 Å². The van der Waals surface area contributed by atoms with Crippen LogP contribution in [-0.2, 0) is 15.6 Å². The van der Waals surface area contributed by atoms with Gasteiger partial charge in [0.25, 0.3) is 0 Å². The first-order valence-corrected chi connectivity index (χ1v) is 9.04. The first-order chi connectivity index (χ1) is 8.94. The molecule has 1 aliphatic heterocycles. The summed E-state index contributed by atoms with van der Waals surface area (Å²) in [6, 6.07) is 6.27. The summed E-state index contributed by atoms with van der Waals surface area (Å²) >= 11 is 6.54. The molecule has 104 valence electrons. The van der Waals surface area contributed by atoms with E-state index < -0.39 is 9.84 Å². The molecule has 0 aliphatic carbocycles. The second-order valence-electron chi connectivity index (χ2n) is 4.45. The number of nitrogens with one attached hydrogen (secondary N) is 1. The average Bonchev–Trinajstić information content (AvgIpc) is 2.66. The Balaban J connectivity index is 1.79. The topological polar surface area (TPSA) is 46.2 Å². The molecule has 0 bridgehead atoms. The molecule has 1 heterocycles. The number of hydrogen-bond donors (Lipinski definition) is 1. The number of thioether (sulfide) groups is 1. The van der Waals surface area contributed by atoms with Crippen LogP contribution in [0.25, 0.3) is 0 Å². The lowest BCUT2D eigenvalue weighted by atomic mass is 10.2. The molecular formula is C12H14FNO2S3. The molecule has 0 saturated carbocycles. The molecule has 0 radical (unpaired) electrons. The SMILES string of the molecule is O=S1(=O)CC[C@@H](NC(=S)SCc2cccc(F)c2)C1. The monoisotopic (exact) mass is 319 g/mol. The lowest BCUT2D eigenvalue weighted by Gasteiger charge is -2.12. The minimum absolute atomic E-state index is 0.0856. The highest BCUT2D eigenvalue weighted by Gasteiger charge is 2.28. The van der Waals surface area contributed by atoms with Gasteiger partial charge in [0.1, 0.15) is 10.1 Å². The van der Waals surface area contributed by atoms with E-state index in [0.29, 0.717) is 16.5 Å². The van der Waals surface area contributed by atoms with Crippen LogP contribution in [0.1, 0.15) is 12.0 Å². The predicted molar refractivity (Wildman–Crippen MR) is 80.5 cm³/mol. The molecule has 1 saturated heterocycles. The standard InChI is InChI=1S/C12H14FNO2S3/c13-10-3-1-2-9(6-10)7-18-12(17)14-11-4-5-19(15,16)8-11/h1-3,6,11H,4-5,7-8H2,(H,14,17)/t11-/m1/s1. The van der Waals surface area contributed by atoms with Crippen LogP contribution < -0.4 is 5.32 Å². The van der Waals surface area contributed by atoms with E-state index in [0.717, 1.165) is 5.56 Å². The Morgan fingerprint density at radius 1 is 1.53 bits per heavy atom. The highest BCUT2D eigenvalue weighted by Crippen LogP contribution is 2.17. The van der Waals surface area contributed by atoms with Gasteiger partial charge in [-0.1, -0.05) is 36.1 Å². The molecule has 1 aliphatic rings. The van der Waals surface area contributed by atoms with Crippen LogP contribution in [-0.4, -0.2) is 30.3 Å². The maximum atomic E-state index is 13.0. The van der Waals surface area contributed by atoms with Crippen LogP contribution in [0.2, 0.25) is 0 Å². The van der Waals surface area contributed by atoms with Gasteiger partial charge in [0.05, 0.1) is 11.5 Å². The van der Waals surface area contributed by atoms with Crippen LogP contribution in [0, 0.1) is 5.82 Å². The fourth-order valence-corrected chi connectivity index (χ4v) is 4.64. The first kappa shape index (κ1) is 14.7. The van der Waals surface area contributed by atoms with Crippen molar-refractivity contribution in [2.24, 2.45) is 0 Å². The molecular weight excluding hydrogens is 305 g/mol. The highest BCUT2D eigenvalue weighted by atomic mass is 32.2. The van der Waals surface area contributed by atoms with Crippen molar-refractivity contribution in [2.45, 2.75) is 18.2 Å². The molecule has 0 unspecified atom stereocenters. The Labute approximate surface area is 121 Å². The van der Waals surface area contributed by atoms with Crippen molar-refractivity contribution in [3.63, 3.8) is 0 Å². The summed E-state index contributed by atoms with van der Waals surface area (Å²) < 4.78 is 36.2. The molecule has 1 aromatic carbocycles. The van der Waals surface area contributed by atoms with Gasteiger partial charge in [-0.05, 0) is 24.1 Å². The summed E-state index contributed by atoms with van der Waals surface area (Å²) in [5.41, 5.74) is 0.855. The number of rotatable bonds is 3. The quantitative estimate of drug-likeness (QED) is 0.865. The number of sulfone groups is 1. The second-order valence-corrected chi connectivity index (χ2v) is 8.33. The lowest BCUT2D eigenvalue weighted by Crippen LogP contribution is -2.32. The third-order valence-electron chi connectivity index (χ3n) is 2.81. The lowest BCUT2D eigenvalue weighted by molar-refractivity contribution is 0.600.